The number of methoxy groups -OCH3 is 5. The Labute approximate surface area is 292 Å². The highest BCUT2D eigenvalue weighted by Gasteiger charge is 2.21. The molecule has 0 fully saturated rings. The van der Waals surface area contributed by atoms with Crippen LogP contribution in [0.5, 0.6) is 40.2 Å². The number of aryl methyl sites for hydroxylation is 1. The molecule has 0 saturated heterocycles. The highest BCUT2D eigenvalue weighted by molar-refractivity contribution is 5.72. The van der Waals surface area contributed by atoms with Gasteiger partial charge >= 0.3 is 0 Å². The summed E-state index contributed by atoms with van der Waals surface area (Å²) in [5.74, 6) is 4.74. The van der Waals surface area contributed by atoms with E-state index in [9.17, 15) is 0 Å². The van der Waals surface area contributed by atoms with Crippen molar-refractivity contribution in [3.05, 3.63) is 89.5 Å². The molecule has 1 unspecified atom stereocenters. The van der Waals surface area contributed by atoms with Gasteiger partial charge in [0.05, 0.1) is 48.8 Å². The average Bonchev–Trinajstić information content (AvgIpc) is 3.66. The zero-order chi connectivity index (χ0) is 35.0. The number of hydrogen-bond acceptors (Lipinski definition) is 11. The summed E-state index contributed by atoms with van der Waals surface area (Å²) in [6, 6.07) is 23.7. The number of nitrogens with one attached hydrogen (secondary N) is 2. The molecule has 11 nitrogen and oxygen atoms in total. The van der Waals surface area contributed by atoms with Gasteiger partial charge in [-0.2, -0.15) is 0 Å². The van der Waals surface area contributed by atoms with Crippen molar-refractivity contribution in [3.63, 3.8) is 0 Å². The molecule has 2 N–H and O–H groups in total. The normalized spacial score (nSPS) is 13.5. The summed E-state index contributed by atoms with van der Waals surface area (Å²) >= 11 is 0. The van der Waals surface area contributed by atoms with Crippen molar-refractivity contribution in [1.29, 1.82) is 0 Å². The Morgan fingerprint density at radius 3 is 2.04 bits per heavy atom. The molecule has 262 valence electrons. The first-order chi connectivity index (χ1) is 24.4. The lowest BCUT2D eigenvalue weighted by Crippen LogP contribution is -2.32. The smallest absolute Gasteiger partial charge is 0.203 e. The molecule has 0 saturated carbocycles. The maximum Gasteiger partial charge on any atom is 0.203 e. The van der Waals surface area contributed by atoms with E-state index in [4.69, 9.17) is 37.7 Å². The first-order valence-electron chi connectivity index (χ1n) is 16.4. The molecule has 11 heteroatoms. The van der Waals surface area contributed by atoms with Crippen molar-refractivity contribution < 1.29 is 37.7 Å². The van der Waals surface area contributed by atoms with E-state index in [1.807, 2.05) is 48.5 Å². The van der Waals surface area contributed by atoms with Crippen LogP contribution in [0.25, 0.3) is 22.6 Å². The number of fused-ring (bicyclic) bond motifs is 1. The van der Waals surface area contributed by atoms with Crippen molar-refractivity contribution in [1.82, 2.24) is 10.5 Å². The highest BCUT2D eigenvalue weighted by atomic mass is 16.5. The number of nitrogens with zero attached hydrogens (tertiary/aromatic N) is 1. The minimum Gasteiger partial charge on any atom is -0.493 e. The van der Waals surface area contributed by atoms with E-state index >= 15 is 0 Å². The van der Waals surface area contributed by atoms with E-state index in [1.54, 1.807) is 35.5 Å². The van der Waals surface area contributed by atoms with Crippen LogP contribution in [0.15, 0.2) is 77.3 Å². The summed E-state index contributed by atoms with van der Waals surface area (Å²) in [7, 11) is 7.99. The minimum absolute atomic E-state index is 0.0196. The first kappa shape index (κ1) is 34.3. The average molecular weight is 682 g/mol. The van der Waals surface area contributed by atoms with Crippen molar-refractivity contribution in [2.45, 2.75) is 32.5 Å². The molecule has 6 rings (SSSR count). The molecule has 50 heavy (non-hydrogen) atoms. The fourth-order valence-electron chi connectivity index (χ4n) is 5.90. The quantitative estimate of drug-likeness (QED) is 0.105. The summed E-state index contributed by atoms with van der Waals surface area (Å²) in [5, 5.41) is 11.4. The zero-order valence-electron chi connectivity index (χ0n) is 29.3. The third-order valence-electron chi connectivity index (χ3n) is 8.55. The Balaban J connectivity index is 1.03. The van der Waals surface area contributed by atoms with Gasteiger partial charge in [-0.05, 0) is 79.4 Å². The topological polar surface area (TPSA) is 115 Å². The van der Waals surface area contributed by atoms with Crippen LogP contribution in [0.3, 0.4) is 0 Å². The molecule has 5 aromatic rings. The lowest BCUT2D eigenvalue weighted by atomic mass is 10.0. The van der Waals surface area contributed by atoms with Gasteiger partial charge in [0, 0.05) is 29.4 Å². The number of benzene rings is 4. The van der Waals surface area contributed by atoms with Crippen LogP contribution in [0.4, 0.5) is 5.69 Å². The third kappa shape index (κ3) is 7.52. The summed E-state index contributed by atoms with van der Waals surface area (Å²) in [5.41, 5.74) is 6.93. The monoisotopic (exact) mass is 681 g/mol. The number of aromatic nitrogens is 1. The zero-order valence-corrected chi connectivity index (χ0v) is 29.3. The van der Waals surface area contributed by atoms with Gasteiger partial charge in [0.1, 0.15) is 11.9 Å². The number of unbranched alkanes of at least 4 members (excludes halogenated alkanes) is 1. The van der Waals surface area contributed by atoms with Gasteiger partial charge in [0.2, 0.25) is 5.75 Å². The second-order valence-electron chi connectivity index (χ2n) is 11.8. The van der Waals surface area contributed by atoms with Gasteiger partial charge in [-0.1, -0.05) is 28.9 Å². The Morgan fingerprint density at radius 1 is 0.660 bits per heavy atom. The Bertz CT molecular complexity index is 1900. The van der Waals surface area contributed by atoms with E-state index < -0.39 is 0 Å². The van der Waals surface area contributed by atoms with E-state index in [2.05, 4.69) is 47.0 Å². The summed E-state index contributed by atoms with van der Waals surface area (Å²) < 4.78 is 45.6. The molecular formula is C39H43N3O8. The SMILES string of the molecule is COc1cc(C2NCc3cc(C)ccc3N2)ccc1OCCCCOc1cc(-c2cc(-c3cc(OC)c(OC)c(OC)c3)on2)ccc1OC. The van der Waals surface area contributed by atoms with Gasteiger partial charge < -0.3 is 43.0 Å². The van der Waals surface area contributed by atoms with Gasteiger partial charge in [0.15, 0.2) is 40.3 Å². The van der Waals surface area contributed by atoms with E-state index in [0.29, 0.717) is 64.9 Å². The largest absolute Gasteiger partial charge is 0.493 e. The summed E-state index contributed by atoms with van der Waals surface area (Å²) in [6.45, 7) is 3.90. The summed E-state index contributed by atoms with van der Waals surface area (Å²) in [6.07, 6.45) is 1.54. The number of rotatable bonds is 15. The predicted molar refractivity (Wildman–Crippen MR) is 191 cm³/mol. The van der Waals surface area contributed by atoms with Gasteiger partial charge in [0.25, 0.3) is 0 Å². The first-order valence-corrected chi connectivity index (χ1v) is 16.4. The molecule has 0 radical (unpaired) electrons. The van der Waals surface area contributed by atoms with E-state index in [0.717, 1.165) is 41.8 Å². The van der Waals surface area contributed by atoms with E-state index in [-0.39, 0.29) is 6.17 Å². The van der Waals surface area contributed by atoms with Gasteiger partial charge in [-0.15, -0.1) is 0 Å². The van der Waals surface area contributed by atoms with E-state index in [1.165, 1.54) is 11.1 Å². The standard InChI is InChI=1S/C39H43N3O8/c1-24-9-12-29-28(17-24)23-40-39(41-29)26-11-14-32(34(19-26)44-3)48-15-7-8-16-49-35-18-25(10-13-31(35)43-2)30-22-33(50-42-30)27-20-36(45-4)38(47-6)37(21-27)46-5/h9-14,17-22,39-41H,7-8,15-16,23H2,1-6H3. The second kappa shape index (κ2) is 15.8. The molecule has 1 aromatic heterocycles. The summed E-state index contributed by atoms with van der Waals surface area (Å²) in [4.78, 5) is 0. The van der Waals surface area contributed by atoms with Crippen LogP contribution in [-0.4, -0.2) is 53.9 Å². The van der Waals surface area contributed by atoms with Crippen molar-refractivity contribution in [2.24, 2.45) is 0 Å². The molecule has 1 aliphatic rings. The lowest BCUT2D eigenvalue weighted by molar-refractivity contribution is 0.252. The van der Waals surface area contributed by atoms with Crippen molar-refractivity contribution in [2.75, 3.05) is 54.1 Å². The molecule has 0 aliphatic carbocycles. The van der Waals surface area contributed by atoms with Crippen LogP contribution in [-0.2, 0) is 6.54 Å². The fraction of sp³-hybridized carbons (Fsp3) is 0.308. The van der Waals surface area contributed by atoms with Gasteiger partial charge in [-0.25, -0.2) is 0 Å². The van der Waals surface area contributed by atoms with Crippen LogP contribution >= 0.6 is 0 Å². The van der Waals surface area contributed by atoms with Crippen molar-refractivity contribution >= 4 is 5.69 Å². The number of hydrogen-bond donors (Lipinski definition) is 2. The predicted octanol–water partition coefficient (Wildman–Crippen LogP) is 7.81. The number of anilines is 1. The molecule has 1 atom stereocenters. The minimum atomic E-state index is -0.0196. The molecule has 1 aliphatic heterocycles. The Kier molecular flexibility index (Phi) is 10.8. The van der Waals surface area contributed by atoms with Crippen molar-refractivity contribution in [3.8, 4) is 62.8 Å². The molecule has 2 heterocycles. The van der Waals surface area contributed by atoms with Gasteiger partial charge in [-0.3, -0.25) is 5.32 Å². The van der Waals surface area contributed by atoms with Crippen LogP contribution < -0.4 is 43.8 Å². The molecule has 0 amide bonds. The Hall–Kier alpha value is -5.55. The molecule has 4 aromatic carbocycles. The molecule has 0 spiro atoms. The van der Waals surface area contributed by atoms with Crippen LogP contribution in [0, 0.1) is 6.92 Å². The fourth-order valence-corrected chi connectivity index (χ4v) is 5.90. The van der Waals surface area contributed by atoms with Crippen LogP contribution in [0.2, 0.25) is 0 Å². The second-order valence-corrected chi connectivity index (χ2v) is 11.8. The Morgan fingerprint density at radius 2 is 1.34 bits per heavy atom. The maximum atomic E-state index is 6.15. The third-order valence-corrected chi connectivity index (χ3v) is 8.55. The lowest BCUT2D eigenvalue weighted by Gasteiger charge is -2.29. The highest BCUT2D eigenvalue weighted by Crippen LogP contribution is 2.42. The number of ether oxygens (including phenoxy) is 7. The molecule has 0 bridgehead atoms. The maximum absolute atomic E-state index is 6.15. The molecular weight excluding hydrogens is 638 g/mol. The van der Waals surface area contributed by atoms with Crippen LogP contribution in [0.1, 0.15) is 35.7 Å².